The van der Waals surface area contributed by atoms with Crippen molar-refractivity contribution in [2.45, 2.75) is 12.6 Å². The number of phenolic OH excluding ortho intramolecular Hbond substituents is 1. The van der Waals surface area contributed by atoms with Gasteiger partial charge >= 0.3 is 6.18 Å². The number of alkyl halides is 3. The second-order valence-corrected chi connectivity index (χ2v) is 5.58. The minimum atomic E-state index is -4.70. The number of nitrogens with zero attached hydrogens (tertiary/aromatic N) is 2. The number of hydrazone groups is 1. The lowest BCUT2D eigenvalue weighted by Gasteiger charge is -2.10. The van der Waals surface area contributed by atoms with Crippen molar-refractivity contribution in [1.82, 2.24) is 0 Å². The third-order valence-electron chi connectivity index (χ3n) is 3.68. The van der Waals surface area contributed by atoms with Crippen LogP contribution >= 0.6 is 0 Å². The Bertz CT molecular complexity index is 927. The number of rotatable bonds is 7. The van der Waals surface area contributed by atoms with E-state index in [9.17, 15) is 28.4 Å². The summed E-state index contributed by atoms with van der Waals surface area (Å²) in [4.78, 5) is 10.1. The molecular weight excluding hydrogens is 379 g/mol. The van der Waals surface area contributed by atoms with Crippen molar-refractivity contribution >= 4 is 17.6 Å². The molecule has 0 heterocycles. The zero-order valence-corrected chi connectivity index (χ0v) is 14.7. The van der Waals surface area contributed by atoms with Gasteiger partial charge in [0.2, 0.25) is 0 Å². The van der Waals surface area contributed by atoms with Crippen molar-refractivity contribution in [2.75, 3.05) is 12.5 Å². The number of halogens is 3. The topological polar surface area (TPSA) is 97.0 Å². The summed E-state index contributed by atoms with van der Waals surface area (Å²) in [5, 5.41) is 24.9. The molecule has 10 heteroatoms. The number of nitrogens with one attached hydrogen (secondary N) is 1. The van der Waals surface area contributed by atoms with E-state index in [0.717, 1.165) is 12.1 Å². The predicted octanol–water partition coefficient (Wildman–Crippen LogP) is 4.50. The third-order valence-corrected chi connectivity index (χ3v) is 3.68. The average Bonchev–Trinajstić information content (AvgIpc) is 2.63. The maximum absolute atomic E-state index is 12.7. The van der Waals surface area contributed by atoms with E-state index in [4.69, 9.17) is 4.74 Å². The van der Waals surface area contributed by atoms with Crippen LogP contribution in [0.4, 0.5) is 24.5 Å². The molecule has 0 aliphatic rings. The summed E-state index contributed by atoms with van der Waals surface area (Å²) in [5.41, 5.74) is 1.28. The molecule has 0 atom stereocenters. The van der Waals surface area contributed by atoms with Gasteiger partial charge in [0.15, 0.2) is 11.5 Å². The number of ether oxygens (including phenoxy) is 1. The lowest BCUT2D eigenvalue weighted by molar-refractivity contribution is -0.384. The SMILES string of the molecule is C=CCc1cc(/C=N\Nc2ccc(C(F)(F)F)cc2[N+](=O)[O-])cc(OC)c1O. The Hall–Kier alpha value is -3.56. The fourth-order valence-corrected chi connectivity index (χ4v) is 2.36. The first kappa shape index (κ1) is 20.7. The lowest BCUT2D eigenvalue weighted by atomic mass is 10.1. The summed E-state index contributed by atoms with van der Waals surface area (Å²) in [6, 6.07) is 5.17. The molecule has 0 aromatic heterocycles. The summed E-state index contributed by atoms with van der Waals surface area (Å²) < 4.78 is 43.3. The molecule has 2 N–H and O–H groups in total. The monoisotopic (exact) mass is 395 g/mol. The van der Waals surface area contributed by atoms with E-state index >= 15 is 0 Å². The Labute approximate surface area is 157 Å². The molecule has 0 saturated carbocycles. The van der Waals surface area contributed by atoms with E-state index in [1.54, 1.807) is 12.1 Å². The van der Waals surface area contributed by atoms with Gasteiger partial charge < -0.3 is 9.84 Å². The van der Waals surface area contributed by atoms with Crippen LogP contribution in [-0.4, -0.2) is 23.4 Å². The van der Waals surface area contributed by atoms with E-state index in [0.29, 0.717) is 23.6 Å². The van der Waals surface area contributed by atoms with Gasteiger partial charge in [-0.25, -0.2) is 0 Å². The molecule has 7 nitrogen and oxygen atoms in total. The van der Waals surface area contributed by atoms with Crippen molar-refractivity contribution in [2.24, 2.45) is 5.10 Å². The molecule has 2 aromatic carbocycles. The van der Waals surface area contributed by atoms with Gasteiger partial charge in [-0.1, -0.05) is 6.08 Å². The number of aromatic hydroxyl groups is 1. The molecule has 0 fully saturated rings. The van der Waals surface area contributed by atoms with Crippen molar-refractivity contribution < 1.29 is 27.9 Å². The van der Waals surface area contributed by atoms with E-state index in [1.165, 1.54) is 19.4 Å². The molecule has 0 saturated heterocycles. The quantitative estimate of drug-likeness (QED) is 0.311. The molecule has 0 aliphatic carbocycles. The summed E-state index contributed by atoms with van der Waals surface area (Å²) in [6.07, 6.45) is -1.46. The minimum absolute atomic E-state index is 0.0501. The Morgan fingerprint density at radius 3 is 2.64 bits per heavy atom. The number of allylic oxidation sites excluding steroid dienone is 1. The van der Waals surface area contributed by atoms with Crippen LogP contribution in [-0.2, 0) is 12.6 Å². The second kappa shape index (κ2) is 8.42. The molecule has 0 unspecified atom stereocenters. The van der Waals surface area contributed by atoms with Gasteiger partial charge in [0, 0.05) is 11.6 Å². The number of phenols is 1. The first-order chi connectivity index (χ1) is 13.2. The predicted molar refractivity (Wildman–Crippen MR) is 97.9 cm³/mol. The van der Waals surface area contributed by atoms with E-state index in [1.807, 2.05) is 0 Å². The van der Waals surface area contributed by atoms with Crippen molar-refractivity contribution in [3.8, 4) is 11.5 Å². The highest BCUT2D eigenvalue weighted by Gasteiger charge is 2.33. The molecule has 0 radical (unpaired) electrons. The maximum Gasteiger partial charge on any atom is 0.416 e. The van der Waals surface area contributed by atoms with Gasteiger partial charge in [0.25, 0.3) is 5.69 Å². The Balaban J connectivity index is 2.31. The maximum atomic E-state index is 12.7. The number of hydrogen-bond acceptors (Lipinski definition) is 6. The summed E-state index contributed by atoms with van der Waals surface area (Å²) in [6.45, 7) is 3.59. The van der Waals surface area contributed by atoms with Crippen molar-refractivity contribution in [3.05, 3.63) is 69.8 Å². The first-order valence-electron chi connectivity index (χ1n) is 7.82. The largest absolute Gasteiger partial charge is 0.504 e. The number of benzene rings is 2. The molecule has 0 spiro atoms. The van der Waals surface area contributed by atoms with Crippen LogP contribution < -0.4 is 10.2 Å². The fourth-order valence-electron chi connectivity index (χ4n) is 2.36. The molecule has 148 valence electrons. The second-order valence-electron chi connectivity index (χ2n) is 5.58. The zero-order valence-electron chi connectivity index (χ0n) is 14.7. The first-order valence-corrected chi connectivity index (χ1v) is 7.82. The molecule has 2 aromatic rings. The fraction of sp³-hybridized carbons (Fsp3) is 0.167. The molecular formula is C18H16F3N3O4. The standard InChI is InChI=1S/C18H16F3N3O4/c1-3-4-12-7-11(8-16(28-2)17(12)25)10-22-23-14-6-5-13(18(19,20)21)9-15(14)24(26)27/h3,5-10,23,25H,1,4H2,2H3/b22-10-. The van der Waals surface area contributed by atoms with Crippen LogP contribution in [0, 0.1) is 10.1 Å². The normalized spacial score (nSPS) is 11.4. The molecule has 2 rings (SSSR count). The van der Waals surface area contributed by atoms with Gasteiger partial charge in [0.05, 0.1) is 23.8 Å². The highest BCUT2D eigenvalue weighted by molar-refractivity contribution is 5.82. The zero-order chi connectivity index (χ0) is 20.9. The number of hydrogen-bond donors (Lipinski definition) is 2. The number of methoxy groups -OCH3 is 1. The Morgan fingerprint density at radius 1 is 1.36 bits per heavy atom. The highest BCUT2D eigenvalue weighted by Crippen LogP contribution is 2.35. The van der Waals surface area contributed by atoms with Gasteiger partial charge in [-0.2, -0.15) is 18.3 Å². The van der Waals surface area contributed by atoms with Crippen LogP contribution in [0.25, 0.3) is 0 Å². The van der Waals surface area contributed by atoms with Crippen LogP contribution in [0.1, 0.15) is 16.7 Å². The van der Waals surface area contributed by atoms with Crippen LogP contribution in [0.5, 0.6) is 11.5 Å². The van der Waals surface area contributed by atoms with E-state index in [2.05, 4.69) is 17.1 Å². The molecule has 0 aliphatic heterocycles. The van der Waals surface area contributed by atoms with Gasteiger partial charge in [-0.05, 0) is 36.2 Å². The van der Waals surface area contributed by atoms with E-state index < -0.39 is 22.4 Å². The molecule has 28 heavy (non-hydrogen) atoms. The van der Waals surface area contributed by atoms with Crippen LogP contribution in [0.3, 0.4) is 0 Å². The average molecular weight is 395 g/mol. The highest BCUT2D eigenvalue weighted by atomic mass is 19.4. The lowest BCUT2D eigenvalue weighted by Crippen LogP contribution is -2.06. The Kier molecular flexibility index (Phi) is 6.24. The van der Waals surface area contributed by atoms with Crippen molar-refractivity contribution in [3.63, 3.8) is 0 Å². The summed E-state index contributed by atoms with van der Waals surface area (Å²) in [7, 11) is 1.37. The Morgan fingerprint density at radius 2 is 2.07 bits per heavy atom. The summed E-state index contributed by atoms with van der Waals surface area (Å²) >= 11 is 0. The summed E-state index contributed by atoms with van der Waals surface area (Å²) in [5.74, 6) is 0.146. The van der Waals surface area contributed by atoms with Crippen LogP contribution in [0.2, 0.25) is 0 Å². The van der Waals surface area contributed by atoms with Gasteiger partial charge in [0.1, 0.15) is 5.69 Å². The van der Waals surface area contributed by atoms with E-state index in [-0.39, 0.29) is 17.2 Å². The molecule has 0 bridgehead atoms. The number of anilines is 1. The smallest absolute Gasteiger partial charge is 0.416 e. The van der Waals surface area contributed by atoms with Crippen LogP contribution in [0.15, 0.2) is 48.1 Å². The number of nitro benzene ring substituents is 1. The molecule has 0 amide bonds. The third kappa shape index (κ3) is 4.78. The minimum Gasteiger partial charge on any atom is -0.504 e. The number of nitro groups is 1. The van der Waals surface area contributed by atoms with Gasteiger partial charge in [-0.15, -0.1) is 6.58 Å². The van der Waals surface area contributed by atoms with Crippen molar-refractivity contribution in [1.29, 1.82) is 0 Å². The van der Waals surface area contributed by atoms with Gasteiger partial charge in [-0.3, -0.25) is 15.5 Å².